The highest BCUT2D eigenvalue weighted by atomic mass is 35.5. The van der Waals surface area contributed by atoms with Crippen LogP contribution in [0.5, 0.6) is 17.2 Å². The van der Waals surface area contributed by atoms with Crippen molar-refractivity contribution >= 4 is 34.4 Å². The second-order valence-corrected chi connectivity index (χ2v) is 14.7. The van der Waals surface area contributed by atoms with Crippen molar-refractivity contribution in [3.63, 3.8) is 0 Å². The Kier molecular flexibility index (Phi) is 12.3. The third kappa shape index (κ3) is 8.97. The first-order chi connectivity index (χ1) is 25.6. The highest BCUT2D eigenvalue weighted by Crippen LogP contribution is 2.41. The van der Waals surface area contributed by atoms with Gasteiger partial charge in [-0.15, -0.1) is 0 Å². The van der Waals surface area contributed by atoms with Gasteiger partial charge in [-0.05, 0) is 85.8 Å². The number of aromatic amines is 1. The average Bonchev–Trinajstić information content (AvgIpc) is 3.16. The number of benzene rings is 3. The number of ether oxygens (including phenoxy) is 3. The van der Waals surface area contributed by atoms with Crippen LogP contribution in [0, 0.1) is 5.92 Å². The molecule has 2 saturated carbocycles. The first-order valence-corrected chi connectivity index (χ1v) is 18.7. The van der Waals surface area contributed by atoms with Crippen LogP contribution in [0.25, 0.3) is 10.9 Å². The number of H-pyrrole nitrogens is 1. The van der Waals surface area contributed by atoms with Crippen LogP contribution in [0.3, 0.4) is 0 Å². The Hall–Kier alpha value is -4.58. The number of pyridine rings is 1. The van der Waals surface area contributed by atoms with E-state index in [1.165, 1.54) is 19.2 Å². The molecule has 282 valence electrons. The molecular weight excluding hydrogens is 700 g/mol. The van der Waals surface area contributed by atoms with Crippen molar-refractivity contribution in [2.45, 2.75) is 88.4 Å². The quantitative estimate of drug-likeness (QED) is 0.0874. The molecule has 0 amide bonds. The molecule has 1 atom stereocenters. The van der Waals surface area contributed by atoms with Gasteiger partial charge in [0.25, 0.3) is 0 Å². The maximum Gasteiger partial charge on any atom is 0.344 e. The lowest BCUT2D eigenvalue weighted by molar-refractivity contribution is -0.153. The van der Waals surface area contributed by atoms with E-state index in [2.05, 4.69) is 22.4 Å². The van der Waals surface area contributed by atoms with Gasteiger partial charge in [0.2, 0.25) is 5.56 Å². The van der Waals surface area contributed by atoms with E-state index in [0.717, 1.165) is 62.5 Å². The second-order valence-electron chi connectivity index (χ2n) is 14.3. The first-order valence-electron chi connectivity index (χ1n) is 18.3. The van der Waals surface area contributed by atoms with E-state index in [4.69, 9.17) is 25.8 Å². The minimum Gasteiger partial charge on any atom is -0.506 e. The van der Waals surface area contributed by atoms with Crippen molar-refractivity contribution in [2.75, 3.05) is 20.3 Å². The summed E-state index contributed by atoms with van der Waals surface area (Å²) in [6.45, 7) is 0.148. The Morgan fingerprint density at radius 2 is 1.77 bits per heavy atom. The normalized spacial score (nSPS) is 19.0. The van der Waals surface area contributed by atoms with Crippen molar-refractivity contribution < 1.29 is 39.1 Å². The van der Waals surface area contributed by atoms with Crippen LogP contribution < -0.4 is 20.3 Å². The first kappa shape index (κ1) is 38.2. The maximum atomic E-state index is 12.8. The number of rotatable bonds is 14. The smallest absolute Gasteiger partial charge is 0.344 e. The largest absolute Gasteiger partial charge is 0.506 e. The average molecular weight is 747 g/mol. The van der Waals surface area contributed by atoms with E-state index < -0.39 is 23.5 Å². The van der Waals surface area contributed by atoms with Gasteiger partial charge in [-0.3, -0.25) is 9.59 Å². The number of aliphatic hydroxyl groups is 1. The van der Waals surface area contributed by atoms with Crippen molar-refractivity contribution in [1.29, 1.82) is 0 Å². The number of phenolic OH excluding ortho intramolecular Hbond substituents is 1. The van der Waals surface area contributed by atoms with Gasteiger partial charge in [0.05, 0.1) is 29.2 Å². The fourth-order valence-electron chi connectivity index (χ4n) is 7.94. The number of methoxy groups -OCH3 is 1. The molecule has 1 heterocycles. The number of esters is 1. The third-order valence-corrected chi connectivity index (χ3v) is 11.1. The van der Waals surface area contributed by atoms with Crippen LogP contribution in [0.15, 0.2) is 65.5 Å². The van der Waals surface area contributed by atoms with Gasteiger partial charge in [-0.1, -0.05) is 61.2 Å². The lowest BCUT2D eigenvalue weighted by Gasteiger charge is -2.34. The van der Waals surface area contributed by atoms with Crippen LogP contribution in [0.2, 0.25) is 5.02 Å². The van der Waals surface area contributed by atoms with Crippen LogP contribution in [-0.4, -0.2) is 58.6 Å². The van der Waals surface area contributed by atoms with Crippen LogP contribution in [0.1, 0.15) is 86.1 Å². The highest BCUT2D eigenvalue weighted by Gasteiger charge is 2.41. The summed E-state index contributed by atoms with van der Waals surface area (Å²) >= 11 is 6.53. The molecule has 2 aliphatic carbocycles. The molecule has 0 aliphatic heterocycles. The summed E-state index contributed by atoms with van der Waals surface area (Å²) in [7, 11) is 1.51. The van der Waals surface area contributed by atoms with E-state index >= 15 is 0 Å². The lowest BCUT2D eigenvalue weighted by atomic mass is 9.69. The van der Waals surface area contributed by atoms with Gasteiger partial charge >= 0.3 is 11.9 Å². The second kappa shape index (κ2) is 17.0. The summed E-state index contributed by atoms with van der Waals surface area (Å²) in [6, 6.07) is 17.4. The molecule has 53 heavy (non-hydrogen) atoms. The van der Waals surface area contributed by atoms with Gasteiger partial charge in [-0.25, -0.2) is 4.79 Å². The molecule has 0 bridgehead atoms. The molecule has 6 rings (SSSR count). The summed E-state index contributed by atoms with van der Waals surface area (Å²) in [5.41, 5.74) is 2.46. The number of aliphatic hydroxyl groups excluding tert-OH is 1. The number of hydrogen-bond donors (Lipinski definition) is 5. The third-order valence-electron chi connectivity index (χ3n) is 10.8. The number of carbonyl (C=O) groups excluding carboxylic acids is 1. The van der Waals surface area contributed by atoms with Crippen molar-refractivity contribution in [3.8, 4) is 17.2 Å². The van der Waals surface area contributed by atoms with Gasteiger partial charge in [-0.2, -0.15) is 0 Å². The van der Waals surface area contributed by atoms with Gasteiger partial charge in [0, 0.05) is 36.2 Å². The van der Waals surface area contributed by atoms with Crippen LogP contribution in [0.4, 0.5) is 0 Å². The molecule has 0 radical (unpaired) electrons. The Bertz CT molecular complexity index is 1980. The number of phenols is 1. The molecular formula is C41H47ClN2O9. The van der Waals surface area contributed by atoms with Crippen LogP contribution >= 0.6 is 11.6 Å². The Balaban J connectivity index is 0.963. The zero-order valence-electron chi connectivity index (χ0n) is 29.9. The summed E-state index contributed by atoms with van der Waals surface area (Å²) < 4.78 is 17.1. The SMILES string of the molecule is COc1cc(OCC(=O)OC2CCC(Cc3cccc(C4(C(=O)O)CCCCC4)c3)CC2)c(Cl)cc1CNC[C@H](O)c1ccc(O)c2[nH]c(=O)ccc12. The zero-order valence-corrected chi connectivity index (χ0v) is 30.6. The number of aromatic nitrogens is 1. The number of fused-ring (bicyclic) bond motifs is 1. The Labute approximate surface area is 313 Å². The van der Waals surface area contributed by atoms with Gasteiger partial charge in [0.1, 0.15) is 23.4 Å². The van der Waals surface area contributed by atoms with Gasteiger partial charge < -0.3 is 39.8 Å². The number of hydrogen-bond acceptors (Lipinski definition) is 9. The van der Waals surface area contributed by atoms with Crippen molar-refractivity contribution in [1.82, 2.24) is 10.3 Å². The number of nitrogens with one attached hydrogen (secondary N) is 2. The fraction of sp³-hybridized carbons (Fsp3) is 0.439. The molecule has 3 aromatic carbocycles. The Morgan fingerprint density at radius 3 is 2.51 bits per heavy atom. The monoisotopic (exact) mass is 746 g/mol. The lowest BCUT2D eigenvalue weighted by Crippen LogP contribution is -2.37. The standard InChI is InChI=1S/C41H47ClN2O9/c1-51-35-21-36(32(42)20-27(35)22-43-23-34(46)30-12-14-33(45)39-31(30)13-15-37(47)44-39)52-24-38(48)53-29-10-8-25(9-11-29)18-26-6-5-7-28(19-26)41(40(49)50)16-3-2-4-17-41/h5-7,12-15,19-21,25,29,34,43,45-46H,2-4,8-11,16-18,22-24H2,1H3,(H,44,47)(H,49,50)/t25?,29?,34-/m0/s1. The molecule has 1 aromatic heterocycles. The number of halogens is 1. The van der Waals surface area contributed by atoms with E-state index in [1.54, 1.807) is 24.3 Å². The van der Waals surface area contributed by atoms with E-state index in [9.17, 15) is 29.7 Å². The fourth-order valence-corrected chi connectivity index (χ4v) is 8.18. The summed E-state index contributed by atoms with van der Waals surface area (Å²) in [5, 5.41) is 35.2. The number of aromatic hydroxyl groups is 1. The number of carboxylic acids is 1. The molecule has 4 aromatic rings. The number of carboxylic acid groups (broad SMARTS) is 1. The molecule has 0 unspecified atom stereocenters. The summed E-state index contributed by atoms with van der Waals surface area (Å²) in [6.07, 6.45) is 7.42. The van der Waals surface area contributed by atoms with Crippen molar-refractivity contribution in [2.24, 2.45) is 5.92 Å². The molecule has 0 saturated heterocycles. The zero-order chi connectivity index (χ0) is 37.5. The van der Waals surface area contributed by atoms with Gasteiger partial charge in [0.15, 0.2) is 6.61 Å². The molecule has 0 spiro atoms. The molecule has 11 nitrogen and oxygen atoms in total. The van der Waals surface area contributed by atoms with Crippen LogP contribution in [-0.2, 0) is 32.7 Å². The van der Waals surface area contributed by atoms with E-state index in [-0.39, 0.29) is 46.9 Å². The maximum absolute atomic E-state index is 12.8. The summed E-state index contributed by atoms with van der Waals surface area (Å²) in [5.74, 6) is -0.0882. The Morgan fingerprint density at radius 1 is 1.00 bits per heavy atom. The number of carbonyl (C=O) groups is 2. The van der Waals surface area contributed by atoms with E-state index in [1.807, 2.05) is 12.1 Å². The topological polar surface area (TPSA) is 167 Å². The predicted octanol–water partition coefficient (Wildman–Crippen LogP) is 6.73. The summed E-state index contributed by atoms with van der Waals surface area (Å²) in [4.78, 5) is 39.4. The molecule has 5 N–H and O–H groups in total. The minimum absolute atomic E-state index is 0.0819. The number of aliphatic carboxylic acids is 1. The predicted molar refractivity (Wildman–Crippen MR) is 201 cm³/mol. The molecule has 2 aliphatic rings. The highest BCUT2D eigenvalue weighted by molar-refractivity contribution is 6.32. The van der Waals surface area contributed by atoms with E-state index in [0.29, 0.717) is 47.6 Å². The molecule has 2 fully saturated rings. The van der Waals surface area contributed by atoms with Crippen molar-refractivity contribution in [3.05, 3.63) is 98.3 Å². The molecule has 12 heteroatoms. The minimum atomic E-state index is -0.939.